The van der Waals surface area contributed by atoms with Crippen LogP contribution in [0.3, 0.4) is 0 Å². The Hall–Kier alpha value is -4.52. The van der Waals surface area contributed by atoms with Crippen molar-refractivity contribution < 1.29 is 9.47 Å². The average molecular weight is 482 g/mol. The minimum absolute atomic E-state index is 0.154. The predicted octanol–water partition coefficient (Wildman–Crippen LogP) is 4.63. The van der Waals surface area contributed by atoms with Crippen LogP contribution in [0.15, 0.2) is 85.2 Å². The molecule has 0 spiro atoms. The highest BCUT2D eigenvalue weighted by Crippen LogP contribution is 2.36. The topological polar surface area (TPSA) is 70.0 Å². The third-order valence-corrected chi connectivity index (χ3v) is 6.81. The third kappa shape index (κ3) is 3.58. The summed E-state index contributed by atoms with van der Waals surface area (Å²) in [7, 11) is 0. The first-order valence-corrected chi connectivity index (χ1v) is 12.3. The molecule has 0 bridgehead atoms. The van der Waals surface area contributed by atoms with Crippen molar-refractivity contribution in [2.24, 2.45) is 0 Å². The van der Waals surface area contributed by atoms with Crippen molar-refractivity contribution in [1.82, 2.24) is 19.9 Å². The highest BCUT2D eigenvalue weighted by atomic mass is 16.5. The molecule has 2 aliphatic rings. The largest absolute Gasteiger partial charge is 0.440 e. The fourth-order valence-electron chi connectivity index (χ4n) is 4.97. The lowest BCUT2D eigenvalue weighted by molar-refractivity contribution is 0.418. The Balaban J connectivity index is 1.47. The summed E-state index contributed by atoms with van der Waals surface area (Å²) in [6.07, 6.45) is 3.62. The van der Waals surface area contributed by atoms with Gasteiger partial charge in [-0.25, -0.2) is 0 Å². The summed E-state index contributed by atoms with van der Waals surface area (Å²) in [4.78, 5) is 18.9. The molecule has 178 valence electrons. The van der Waals surface area contributed by atoms with Crippen molar-refractivity contribution in [2.45, 2.75) is 26.2 Å². The summed E-state index contributed by atoms with van der Waals surface area (Å²) < 4.78 is 12.8. The van der Waals surface area contributed by atoms with Crippen LogP contribution in [0.5, 0.6) is 23.3 Å². The zero-order chi connectivity index (χ0) is 25.1. The Kier molecular flexibility index (Phi) is 4.70. The molecule has 0 fully saturated rings. The molecule has 2 aromatic carbocycles. The molecule has 3 aromatic heterocycles. The van der Waals surface area contributed by atoms with E-state index in [4.69, 9.17) is 19.4 Å². The van der Waals surface area contributed by atoms with Crippen molar-refractivity contribution in [3.05, 3.63) is 91.0 Å². The molecule has 0 atom stereocenters. The first kappa shape index (κ1) is 21.7. The quantitative estimate of drug-likeness (QED) is 0.335. The fraction of sp³-hybridized carbons (Fsp3) is 0.133. The summed E-state index contributed by atoms with van der Waals surface area (Å²) in [5.41, 5.74) is 6.52. The van der Waals surface area contributed by atoms with Gasteiger partial charge in [0.25, 0.3) is 6.71 Å². The van der Waals surface area contributed by atoms with Gasteiger partial charge in [0.05, 0.1) is 16.9 Å². The van der Waals surface area contributed by atoms with Crippen molar-refractivity contribution in [3.63, 3.8) is 0 Å². The molecule has 2 aliphatic heterocycles. The Labute approximate surface area is 215 Å². The van der Waals surface area contributed by atoms with E-state index in [1.807, 2.05) is 73.1 Å². The predicted molar refractivity (Wildman–Crippen MR) is 145 cm³/mol. The van der Waals surface area contributed by atoms with E-state index in [0.717, 1.165) is 50.4 Å². The van der Waals surface area contributed by atoms with E-state index in [1.165, 1.54) is 0 Å². The van der Waals surface area contributed by atoms with Gasteiger partial charge in [-0.15, -0.1) is 0 Å². The molecule has 5 aromatic rings. The van der Waals surface area contributed by atoms with Crippen molar-refractivity contribution in [2.75, 3.05) is 0 Å². The second-order valence-electron chi connectivity index (χ2n) is 10.4. The monoisotopic (exact) mass is 482 g/mol. The van der Waals surface area contributed by atoms with Crippen LogP contribution in [0.1, 0.15) is 26.6 Å². The van der Waals surface area contributed by atoms with Gasteiger partial charge >= 0.3 is 0 Å². The summed E-state index contributed by atoms with van der Waals surface area (Å²) >= 11 is 0. The molecule has 0 radical (unpaired) electrons. The summed E-state index contributed by atoms with van der Waals surface area (Å²) in [6.45, 7) is 6.11. The second-order valence-corrected chi connectivity index (χ2v) is 10.4. The number of hydrogen-bond donors (Lipinski definition) is 0. The van der Waals surface area contributed by atoms with Crippen molar-refractivity contribution >= 4 is 23.1 Å². The summed E-state index contributed by atoms with van der Waals surface area (Å²) in [5, 5.41) is 0. The first-order chi connectivity index (χ1) is 18.0. The standard InChI is InChI=1S/C30H23BN4O2/c1-30(2,3)29-34-27-26-28(35-29)37-25-13-11-19(23-9-5-7-15-33-23)17-21(25)31(26)20-16-18(10-12-24(20)36-27)22-8-4-6-14-32-22/h4-17H,1-3H3. The summed E-state index contributed by atoms with van der Waals surface area (Å²) in [5.74, 6) is 3.33. The lowest BCUT2D eigenvalue weighted by Crippen LogP contribution is -2.58. The SMILES string of the molecule is CC(C)(C)c1nc2c3c(n1)Oc1ccc(-c4ccccn4)cc1B3c1cc(-c3ccccn3)ccc1O2. The van der Waals surface area contributed by atoms with Gasteiger partial charge in [-0.2, -0.15) is 9.97 Å². The molecule has 7 rings (SSSR count). The van der Waals surface area contributed by atoms with E-state index in [-0.39, 0.29) is 12.1 Å². The van der Waals surface area contributed by atoms with Gasteiger partial charge in [-0.05, 0) is 70.6 Å². The Morgan fingerprint density at radius 3 is 1.59 bits per heavy atom. The van der Waals surface area contributed by atoms with Crippen molar-refractivity contribution in [3.8, 4) is 45.8 Å². The number of rotatable bonds is 2. The van der Waals surface area contributed by atoms with Crippen LogP contribution in [0.2, 0.25) is 0 Å². The van der Waals surface area contributed by atoms with Gasteiger partial charge in [-0.1, -0.05) is 45.0 Å². The van der Waals surface area contributed by atoms with E-state index in [0.29, 0.717) is 17.6 Å². The molecule has 0 saturated carbocycles. The Morgan fingerprint density at radius 2 is 1.16 bits per heavy atom. The van der Waals surface area contributed by atoms with Crippen LogP contribution in [0, 0.1) is 0 Å². The number of fused-ring (bicyclic) bond motifs is 4. The van der Waals surface area contributed by atoms with Gasteiger partial charge in [-0.3, -0.25) is 9.97 Å². The number of hydrogen-bond acceptors (Lipinski definition) is 6. The average Bonchev–Trinajstić information content (AvgIpc) is 2.92. The maximum Gasteiger partial charge on any atom is 0.265 e. The zero-order valence-corrected chi connectivity index (χ0v) is 20.8. The molecule has 0 amide bonds. The van der Waals surface area contributed by atoms with Gasteiger partial charge in [0.15, 0.2) is 0 Å². The van der Waals surface area contributed by atoms with Gasteiger partial charge in [0.2, 0.25) is 11.8 Å². The maximum absolute atomic E-state index is 6.42. The molecule has 5 heterocycles. The Bertz CT molecular complexity index is 1550. The molecule has 0 saturated heterocycles. The number of pyridine rings is 2. The fourth-order valence-corrected chi connectivity index (χ4v) is 4.97. The van der Waals surface area contributed by atoms with Crippen LogP contribution >= 0.6 is 0 Å². The lowest BCUT2D eigenvalue weighted by Gasteiger charge is -2.33. The van der Waals surface area contributed by atoms with Crippen molar-refractivity contribution in [1.29, 1.82) is 0 Å². The minimum atomic E-state index is -0.264. The molecule has 7 heteroatoms. The third-order valence-electron chi connectivity index (χ3n) is 6.81. The first-order valence-electron chi connectivity index (χ1n) is 12.3. The second kappa shape index (κ2) is 8.00. The van der Waals surface area contributed by atoms with E-state index in [2.05, 4.69) is 42.9 Å². The molecule has 37 heavy (non-hydrogen) atoms. The van der Waals surface area contributed by atoms with Crippen LogP contribution < -0.4 is 25.9 Å². The van der Waals surface area contributed by atoms with Crippen LogP contribution in [-0.4, -0.2) is 26.6 Å². The number of aromatic nitrogens is 4. The van der Waals surface area contributed by atoms with Gasteiger partial charge < -0.3 is 9.47 Å². The van der Waals surface area contributed by atoms with Crippen LogP contribution in [0.25, 0.3) is 22.5 Å². The Morgan fingerprint density at radius 1 is 0.649 bits per heavy atom. The normalized spacial score (nSPS) is 13.1. The molecular weight excluding hydrogens is 459 g/mol. The molecule has 0 N–H and O–H groups in total. The number of nitrogens with zero attached hydrogens (tertiary/aromatic N) is 4. The smallest absolute Gasteiger partial charge is 0.265 e. The number of ether oxygens (including phenoxy) is 2. The highest BCUT2D eigenvalue weighted by Gasteiger charge is 2.43. The van der Waals surface area contributed by atoms with E-state index in [1.54, 1.807) is 0 Å². The van der Waals surface area contributed by atoms with Gasteiger partial charge in [0.1, 0.15) is 17.3 Å². The van der Waals surface area contributed by atoms with Crippen LogP contribution in [0.4, 0.5) is 0 Å². The van der Waals surface area contributed by atoms with E-state index in [9.17, 15) is 0 Å². The van der Waals surface area contributed by atoms with Gasteiger partial charge in [0, 0.05) is 17.8 Å². The van der Waals surface area contributed by atoms with Crippen LogP contribution in [-0.2, 0) is 5.41 Å². The molecular formula is C30H23BN4O2. The highest BCUT2D eigenvalue weighted by molar-refractivity contribution is 6.98. The van der Waals surface area contributed by atoms with E-state index < -0.39 is 0 Å². The number of benzene rings is 2. The maximum atomic E-state index is 6.42. The zero-order valence-electron chi connectivity index (χ0n) is 20.8. The molecule has 0 unspecified atom stereocenters. The molecule has 0 aliphatic carbocycles. The molecule has 6 nitrogen and oxygen atoms in total. The lowest BCUT2D eigenvalue weighted by atomic mass is 9.35. The minimum Gasteiger partial charge on any atom is -0.440 e. The summed E-state index contributed by atoms with van der Waals surface area (Å²) in [6, 6.07) is 24.3. The van der Waals surface area contributed by atoms with E-state index >= 15 is 0 Å².